The lowest BCUT2D eigenvalue weighted by Gasteiger charge is -2.40. The standard InChI is InChI=1S/C25H36N4O5/c1-6-28(15-20(30)26-18-7-9-19(34-5)10-8-18)21(31)16-29-22(32)25(27-23(29)33)13-11-17(12-14-25)24(2,3)4/h7-10,17H,6,11-16H2,1-5H3,(H,26,30)(H,27,33). The number of likely N-dealkylation sites (N-methyl/N-ethyl adjacent to an activating group) is 1. The number of hydrogen-bond donors (Lipinski definition) is 2. The van der Waals surface area contributed by atoms with Gasteiger partial charge in [0.15, 0.2) is 0 Å². The first-order valence-electron chi connectivity index (χ1n) is 11.8. The van der Waals surface area contributed by atoms with Crippen molar-refractivity contribution in [3.05, 3.63) is 24.3 Å². The molecule has 1 aliphatic carbocycles. The van der Waals surface area contributed by atoms with Crippen molar-refractivity contribution in [1.82, 2.24) is 15.1 Å². The highest BCUT2D eigenvalue weighted by molar-refractivity contribution is 6.09. The van der Waals surface area contributed by atoms with E-state index in [-0.39, 0.29) is 36.9 Å². The van der Waals surface area contributed by atoms with Gasteiger partial charge >= 0.3 is 6.03 Å². The fourth-order valence-electron chi connectivity index (χ4n) is 4.80. The summed E-state index contributed by atoms with van der Waals surface area (Å²) < 4.78 is 5.10. The fraction of sp³-hybridized carbons (Fsp3) is 0.600. The van der Waals surface area contributed by atoms with E-state index in [9.17, 15) is 19.2 Å². The summed E-state index contributed by atoms with van der Waals surface area (Å²) >= 11 is 0. The number of benzene rings is 1. The Hall–Kier alpha value is -3.10. The molecule has 1 saturated carbocycles. The van der Waals surface area contributed by atoms with Crippen molar-refractivity contribution in [2.75, 3.05) is 32.1 Å². The normalized spacial score (nSPS) is 22.5. The van der Waals surface area contributed by atoms with Gasteiger partial charge in [-0.25, -0.2) is 4.79 Å². The quantitative estimate of drug-likeness (QED) is 0.593. The first-order valence-corrected chi connectivity index (χ1v) is 11.8. The molecule has 2 N–H and O–H groups in total. The predicted octanol–water partition coefficient (Wildman–Crippen LogP) is 3.01. The van der Waals surface area contributed by atoms with Crippen LogP contribution >= 0.6 is 0 Å². The molecule has 1 aromatic carbocycles. The molecule has 3 rings (SSSR count). The van der Waals surface area contributed by atoms with E-state index in [4.69, 9.17) is 4.74 Å². The highest BCUT2D eigenvalue weighted by Crippen LogP contribution is 2.43. The molecule has 9 heteroatoms. The molecule has 1 aromatic rings. The predicted molar refractivity (Wildman–Crippen MR) is 128 cm³/mol. The van der Waals surface area contributed by atoms with Crippen molar-refractivity contribution in [3.8, 4) is 5.75 Å². The smallest absolute Gasteiger partial charge is 0.325 e. The Kier molecular flexibility index (Phi) is 7.53. The average molecular weight is 473 g/mol. The summed E-state index contributed by atoms with van der Waals surface area (Å²) in [5.74, 6) is 0.00248. The van der Waals surface area contributed by atoms with Gasteiger partial charge in [-0.2, -0.15) is 0 Å². The molecule has 0 radical (unpaired) electrons. The van der Waals surface area contributed by atoms with Gasteiger partial charge in [-0.15, -0.1) is 0 Å². The molecule has 5 amide bonds. The second kappa shape index (κ2) is 10.0. The summed E-state index contributed by atoms with van der Waals surface area (Å²) in [7, 11) is 1.56. The minimum Gasteiger partial charge on any atom is -0.497 e. The number of amides is 5. The van der Waals surface area contributed by atoms with Crippen molar-refractivity contribution in [2.24, 2.45) is 11.3 Å². The molecule has 0 unspecified atom stereocenters. The number of imide groups is 1. The lowest BCUT2D eigenvalue weighted by Crippen LogP contribution is -2.51. The highest BCUT2D eigenvalue weighted by atomic mass is 16.5. The first kappa shape index (κ1) is 25.5. The van der Waals surface area contributed by atoms with Gasteiger partial charge in [-0.05, 0) is 68.2 Å². The highest BCUT2D eigenvalue weighted by Gasteiger charge is 2.53. The van der Waals surface area contributed by atoms with Crippen LogP contribution in [0.4, 0.5) is 10.5 Å². The number of ether oxygens (including phenoxy) is 1. The topological polar surface area (TPSA) is 108 Å². The van der Waals surface area contributed by atoms with Crippen LogP contribution in [0.25, 0.3) is 0 Å². The molecule has 0 aromatic heterocycles. The van der Waals surface area contributed by atoms with Crippen molar-refractivity contribution in [3.63, 3.8) is 0 Å². The summed E-state index contributed by atoms with van der Waals surface area (Å²) in [5, 5.41) is 5.60. The number of carbonyl (C=O) groups is 4. The second-order valence-corrected chi connectivity index (χ2v) is 10.2. The minimum atomic E-state index is -0.915. The van der Waals surface area contributed by atoms with Crippen LogP contribution in [-0.2, 0) is 14.4 Å². The Morgan fingerprint density at radius 2 is 1.79 bits per heavy atom. The third kappa shape index (κ3) is 5.51. The molecule has 9 nitrogen and oxygen atoms in total. The molecule has 0 atom stereocenters. The lowest BCUT2D eigenvalue weighted by molar-refractivity contribution is -0.140. The van der Waals surface area contributed by atoms with E-state index in [0.29, 0.717) is 30.2 Å². The summed E-state index contributed by atoms with van der Waals surface area (Å²) in [4.78, 5) is 53.5. The summed E-state index contributed by atoms with van der Waals surface area (Å²) in [5.41, 5.74) is -0.185. The third-order valence-electron chi connectivity index (χ3n) is 7.05. The molecule has 1 aliphatic heterocycles. The van der Waals surface area contributed by atoms with Gasteiger partial charge in [-0.3, -0.25) is 19.3 Å². The van der Waals surface area contributed by atoms with E-state index in [2.05, 4.69) is 31.4 Å². The van der Waals surface area contributed by atoms with Crippen LogP contribution in [0.3, 0.4) is 0 Å². The number of urea groups is 1. The molecule has 1 spiro atoms. The lowest BCUT2D eigenvalue weighted by atomic mass is 9.67. The van der Waals surface area contributed by atoms with E-state index in [1.54, 1.807) is 38.3 Å². The van der Waals surface area contributed by atoms with E-state index in [1.165, 1.54) is 4.90 Å². The zero-order valence-electron chi connectivity index (χ0n) is 20.8. The number of carbonyl (C=O) groups excluding carboxylic acids is 4. The van der Waals surface area contributed by atoms with Gasteiger partial charge in [0.1, 0.15) is 17.8 Å². The molecule has 2 fully saturated rings. The van der Waals surface area contributed by atoms with Crippen LogP contribution in [0, 0.1) is 11.3 Å². The maximum Gasteiger partial charge on any atom is 0.325 e. The van der Waals surface area contributed by atoms with Crippen LogP contribution in [0.1, 0.15) is 53.4 Å². The van der Waals surface area contributed by atoms with Crippen LogP contribution in [0.5, 0.6) is 5.75 Å². The van der Waals surface area contributed by atoms with Gasteiger partial charge in [-0.1, -0.05) is 20.8 Å². The Bertz CT molecular complexity index is 930. The SMILES string of the molecule is CCN(CC(=O)Nc1ccc(OC)cc1)C(=O)CN1C(=O)NC2(CCC(C(C)(C)C)CC2)C1=O. The van der Waals surface area contributed by atoms with Crippen molar-refractivity contribution in [1.29, 1.82) is 0 Å². The van der Waals surface area contributed by atoms with Gasteiger partial charge in [0.2, 0.25) is 11.8 Å². The van der Waals surface area contributed by atoms with Gasteiger partial charge in [0.05, 0.1) is 13.7 Å². The molecule has 2 aliphatic rings. The summed E-state index contributed by atoms with van der Waals surface area (Å²) in [6, 6.07) is 6.32. The second-order valence-electron chi connectivity index (χ2n) is 10.2. The van der Waals surface area contributed by atoms with Crippen molar-refractivity contribution in [2.45, 2.75) is 58.9 Å². The largest absolute Gasteiger partial charge is 0.497 e. The Labute approximate surface area is 201 Å². The molecule has 1 saturated heterocycles. The Morgan fingerprint density at radius 1 is 1.18 bits per heavy atom. The van der Waals surface area contributed by atoms with Crippen molar-refractivity contribution < 1.29 is 23.9 Å². The molecular formula is C25H36N4O5. The third-order valence-corrected chi connectivity index (χ3v) is 7.05. The maximum absolute atomic E-state index is 13.2. The summed E-state index contributed by atoms with van der Waals surface area (Å²) in [6.45, 7) is 8.05. The number of nitrogens with zero attached hydrogens (tertiary/aromatic N) is 2. The minimum absolute atomic E-state index is 0.150. The fourth-order valence-corrected chi connectivity index (χ4v) is 4.80. The maximum atomic E-state index is 13.2. The number of hydrogen-bond acceptors (Lipinski definition) is 5. The number of methoxy groups -OCH3 is 1. The molecular weight excluding hydrogens is 436 g/mol. The van der Waals surface area contributed by atoms with Gasteiger partial charge in [0, 0.05) is 12.2 Å². The first-order chi connectivity index (χ1) is 16.0. The molecule has 186 valence electrons. The monoisotopic (exact) mass is 472 g/mol. The van der Waals surface area contributed by atoms with E-state index in [1.807, 2.05) is 0 Å². The van der Waals surface area contributed by atoms with E-state index in [0.717, 1.165) is 17.7 Å². The number of rotatable bonds is 7. The molecule has 1 heterocycles. The molecule has 0 bridgehead atoms. The zero-order valence-corrected chi connectivity index (χ0v) is 20.8. The van der Waals surface area contributed by atoms with E-state index >= 15 is 0 Å². The Balaban J connectivity index is 1.58. The van der Waals surface area contributed by atoms with Gasteiger partial charge in [0.25, 0.3) is 5.91 Å². The number of nitrogens with one attached hydrogen (secondary N) is 2. The van der Waals surface area contributed by atoms with E-state index < -0.39 is 17.5 Å². The van der Waals surface area contributed by atoms with Crippen LogP contribution in [-0.4, -0.2) is 65.8 Å². The van der Waals surface area contributed by atoms with Crippen LogP contribution in [0.2, 0.25) is 0 Å². The summed E-state index contributed by atoms with van der Waals surface area (Å²) in [6.07, 6.45) is 2.85. The zero-order chi connectivity index (χ0) is 25.1. The Morgan fingerprint density at radius 3 is 2.32 bits per heavy atom. The average Bonchev–Trinajstić information content (AvgIpc) is 3.01. The molecule has 34 heavy (non-hydrogen) atoms. The van der Waals surface area contributed by atoms with Gasteiger partial charge < -0.3 is 20.3 Å². The van der Waals surface area contributed by atoms with Crippen LogP contribution < -0.4 is 15.4 Å². The van der Waals surface area contributed by atoms with Crippen molar-refractivity contribution >= 4 is 29.4 Å². The van der Waals surface area contributed by atoms with Crippen LogP contribution in [0.15, 0.2) is 24.3 Å². The number of anilines is 1.